The zero-order chi connectivity index (χ0) is 20.1. The minimum atomic E-state index is -4.44. The van der Waals surface area contributed by atoms with E-state index in [1.165, 1.54) is 24.7 Å². The quantitative estimate of drug-likeness (QED) is 0.611. The summed E-state index contributed by atoms with van der Waals surface area (Å²) in [5, 5.41) is 3.22. The maximum Gasteiger partial charge on any atom is 0.416 e. The van der Waals surface area contributed by atoms with Crippen LogP contribution in [0.2, 0.25) is 0 Å². The Morgan fingerprint density at radius 3 is 2.68 bits per heavy atom. The monoisotopic (exact) mass is 388 g/mol. The molecule has 0 aliphatic carbocycles. The average Bonchev–Trinajstić information content (AvgIpc) is 2.67. The Labute approximate surface area is 160 Å². The Balaban J connectivity index is 1.79. The first kappa shape index (κ1) is 19.6. The molecule has 2 heterocycles. The minimum absolute atomic E-state index is 0.0691. The molecule has 5 nitrogen and oxygen atoms in total. The molecule has 0 amide bonds. The van der Waals surface area contributed by atoms with Crippen LogP contribution in [0.15, 0.2) is 55.1 Å². The lowest BCUT2D eigenvalue weighted by Gasteiger charge is -2.15. The number of pyridine rings is 1. The summed E-state index contributed by atoms with van der Waals surface area (Å²) < 4.78 is 44.3. The lowest BCUT2D eigenvalue weighted by molar-refractivity contribution is -0.137. The fourth-order valence-corrected chi connectivity index (χ4v) is 2.59. The smallest absolute Gasteiger partial charge is 0.416 e. The van der Waals surface area contributed by atoms with E-state index in [0.29, 0.717) is 17.9 Å². The van der Waals surface area contributed by atoms with Crippen molar-refractivity contribution in [2.24, 2.45) is 0 Å². The fourth-order valence-electron chi connectivity index (χ4n) is 2.59. The molecule has 0 radical (unpaired) electrons. The molecular formula is C20H19F3N4O. The number of aromatic nitrogens is 3. The number of halogens is 3. The number of rotatable bonds is 6. The van der Waals surface area contributed by atoms with Gasteiger partial charge in [0.05, 0.1) is 5.56 Å². The number of ether oxygens (including phenoxy) is 1. The molecule has 0 aliphatic heterocycles. The highest BCUT2D eigenvalue weighted by Crippen LogP contribution is 2.33. The highest BCUT2D eigenvalue weighted by Gasteiger charge is 2.30. The Morgan fingerprint density at radius 1 is 1.11 bits per heavy atom. The van der Waals surface area contributed by atoms with E-state index in [4.69, 9.17) is 4.74 Å². The second-order valence-electron chi connectivity index (χ2n) is 6.43. The Hall–Kier alpha value is -3.16. The van der Waals surface area contributed by atoms with Crippen molar-refractivity contribution in [3.8, 4) is 11.6 Å². The highest BCUT2D eigenvalue weighted by atomic mass is 19.4. The molecule has 0 fully saturated rings. The Bertz CT molecular complexity index is 944. The standard InChI is InChI=1S/C20H19F3N4O/c1-13(2)17-11-24-12-27-18(17)26-10-14-5-4-8-25-19(14)28-16-7-3-6-15(9-16)20(21,22)23/h3-9,11-13H,10H2,1-2H3,(H,24,26,27). The fraction of sp³-hybridized carbons (Fsp3) is 0.250. The van der Waals surface area contributed by atoms with Crippen molar-refractivity contribution >= 4 is 5.82 Å². The van der Waals surface area contributed by atoms with Gasteiger partial charge >= 0.3 is 6.18 Å². The van der Waals surface area contributed by atoms with E-state index in [2.05, 4.69) is 20.3 Å². The van der Waals surface area contributed by atoms with Gasteiger partial charge in [0.25, 0.3) is 0 Å². The summed E-state index contributed by atoms with van der Waals surface area (Å²) in [6.07, 6.45) is 0.297. The molecule has 0 aliphatic rings. The van der Waals surface area contributed by atoms with Crippen LogP contribution >= 0.6 is 0 Å². The van der Waals surface area contributed by atoms with E-state index in [9.17, 15) is 13.2 Å². The van der Waals surface area contributed by atoms with Crippen LogP contribution in [0.1, 0.15) is 36.5 Å². The minimum Gasteiger partial charge on any atom is -0.439 e. The number of benzene rings is 1. The van der Waals surface area contributed by atoms with Gasteiger partial charge in [-0.15, -0.1) is 0 Å². The van der Waals surface area contributed by atoms with Crippen LogP contribution in [-0.4, -0.2) is 15.0 Å². The van der Waals surface area contributed by atoms with Gasteiger partial charge in [-0.3, -0.25) is 0 Å². The van der Waals surface area contributed by atoms with Gasteiger partial charge in [0.15, 0.2) is 0 Å². The Morgan fingerprint density at radius 2 is 1.93 bits per heavy atom. The van der Waals surface area contributed by atoms with Crippen LogP contribution in [0.3, 0.4) is 0 Å². The van der Waals surface area contributed by atoms with Crippen molar-refractivity contribution in [2.45, 2.75) is 32.5 Å². The van der Waals surface area contributed by atoms with Gasteiger partial charge in [0, 0.05) is 30.1 Å². The summed E-state index contributed by atoms with van der Waals surface area (Å²) in [6.45, 7) is 4.42. The summed E-state index contributed by atoms with van der Waals surface area (Å²) in [4.78, 5) is 12.5. The van der Waals surface area contributed by atoms with Crippen molar-refractivity contribution in [1.29, 1.82) is 0 Å². The van der Waals surface area contributed by atoms with E-state index in [1.54, 1.807) is 18.3 Å². The van der Waals surface area contributed by atoms with Gasteiger partial charge in [0.1, 0.15) is 17.9 Å². The van der Waals surface area contributed by atoms with Crippen LogP contribution in [0.5, 0.6) is 11.6 Å². The molecule has 1 aromatic carbocycles. The van der Waals surface area contributed by atoms with E-state index in [1.807, 2.05) is 13.8 Å². The van der Waals surface area contributed by atoms with Gasteiger partial charge in [-0.1, -0.05) is 26.0 Å². The van der Waals surface area contributed by atoms with Gasteiger partial charge in [0.2, 0.25) is 5.88 Å². The zero-order valence-corrected chi connectivity index (χ0v) is 15.4. The van der Waals surface area contributed by atoms with E-state index >= 15 is 0 Å². The molecule has 2 aromatic heterocycles. The van der Waals surface area contributed by atoms with Gasteiger partial charge < -0.3 is 10.1 Å². The second-order valence-corrected chi connectivity index (χ2v) is 6.43. The van der Waals surface area contributed by atoms with Crippen molar-refractivity contribution in [3.63, 3.8) is 0 Å². The van der Waals surface area contributed by atoms with Gasteiger partial charge in [-0.2, -0.15) is 13.2 Å². The van der Waals surface area contributed by atoms with E-state index in [-0.39, 0.29) is 17.5 Å². The van der Waals surface area contributed by atoms with E-state index < -0.39 is 11.7 Å². The third-order valence-corrected chi connectivity index (χ3v) is 4.03. The lowest BCUT2D eigenvalue weighted by Crippen LogP contribution is -2.08. The molecular weight excluding hydrogens is 369 g/mol. The topological polar surface area (TPSA) is 59.9 Å². The third-order valence-electron chi connectivity index (χ3n) is 4.03. The third kappa shape index (κ3) is 4.76. The lowest BCUT2D eigenvalue weighted by atomic mass is 10.1. The first-order chi connectivity index (χ1) is 13.3. The molecule has 8 heteroatoms. The number of hydrogen-bond acceptors (Lipinski definition) is 5. The molecule has 1 N–H and O–H groups in total. The molecule has 0 bridgehead atoms. The summed E-state index contributed by atoms with van der Waals surface area (Å²) in [5.74, 6) is 1.23. The van der Waals surface area contributed by atoms with Crippen molar-refractivity contribution in [2.75, 3.05) is 5.32 Å². The van der Waals surface area contributed by atoms with Gasteiger partial charge in [-0.25, -0.2) is 15.0 Å². The predicted octanol–water partition coefficient (Wildman–Crippen LogP) is 5.42. The van der Waals surface area contributed by atoms with Gasteiger partial charge in [-0.05, 0) is 30.2 Å². The van der Waals surface area contributed by atoms with Crippen LogP contribution in [0.4, 0.5) is 19.0 Å². The Kier molecular flexibility index (Phi) is 5.77. The summed E-state index contributed by atoms with van der Waals surface area (Å²) in [5.41, 5.74) is 0.878. The van der Waals surface area contributed by atoms with E-state index in [0.717, 1.165) is 17.7 Å². The van der Waals surface area contributed by atoms with Crippen molar-refractivity contribution in [1.82, 2.24) is 15.0 Å². The van der Waals surface area contributed by atoms with Crippen molar-refractivity contribution < 1.29 is 17.9 Å². The highest BCUT2D eigenvalue weighted by molar-refractivity contribution is 5.45. The first-order valence-electron chi connectivity index (χ1n) is 8.67. The van der Waals surface area contributed by atoms with Crippen LogP contribution in [0.25, 0.3) is 0 Å². The first-order valence-corrected chi connectivity index (χ1v) is 8.67. The maximum absolute atomic E-state index is 12.9. The number of nitrogens with one attached hydrogen (secondary N) is 1. The molecule has 0 atom stereocenters. The number of hydrogen-bond donors (Lipinski definition) is 1. The van der Waals surface area contributed by atoms with Crippen LogP contribution in [-0.2, 0) is 12.7 Å². The SMILES string of the molecule is CC(C)c1cncnc1NCc1cccnc1Oc1cccc(C(F)(F)F)c1. The van der Waals surface area contributed by atoms with Crippen LogP contribution in [0, 0.1) is 0 Å². The molecule has 3 rings (SSSR count). The largest absolute Gasteiger partial charge is 0.439 e. The van der Waals surface area contributed by atoms with Crippen molar-refractivity contribution in [3.05, 3.63) is 71.8 Å². The molecule has 0 spiro atoms. The molecule has 146 valence electrons. The van der Waals surface area contributed by atoms with Crippen LogP contribution < -0.4 is 10.1 Å². The summed E-state index contributed by atoms with van der Waals surface area (Å²) in [7, 11) is 0. The molecule has 3 aromatic rings. The zero-order valence-electron chi connectivity index (χ0n) is 15.4. The summed E-state index contributed by atoms with van der Waals surface area (Å²) >= 11 is 0. The number of anilines is 1. The summed E-state index contributed by atoms with van der Waals surface area (Å²) in [6, 6.07) is 8.24. The predicted molar refractivity (Wildman–Crippen MR) is 99.2 cm³/mol. The number of alkyl halides is 3. The molecule has 28 heavy (non-hydrogen) atoms. The molecule has 0 saturated heterocycles. The molecule has 0 unspecified atom stereocenters. The average molecular weight is 388 g/mol. The maximum atomic E-state index is 12.9. The second kappa shape index (κ2) is 8.24. The number of nitrogens with zero attached hydrogens (tertiary/aromatic N) is 3. The molecule has 0 saturated carbocycles. The normalized spacial score (nSPS) is 11.5.